The van der Waals surface area contributed by atoms with Gasteiger partial charge in [-0.2, -0.15) is 4.68 Å². The van der Waals surface area contributed by atoms with Gasteiger partial charge in [0.15, 0.2) is 5.82 Å². The number of benzene rings is 1. The number of pyridine rings is 1. The summed E-state index contributed by atoms with van der Waals surface area (Å²) in [7, 11) is 0. The molecule has 104 valence electrons. The summed E-state index contributed by atoms with van der Waals surface area (Å²) in [5.41, 5.74) is 7.70. The number of hydrogen-bond donors (Lipinski definition) is 2. The lowest BCUT2D eigenvalue weighted by molar-refractivity contribution is 0.0697. The lowest BCUT2D eigenvalue weighted by Gasteiger charge is -2.06. The zero-order chi connectivity index (χ0) is 14.8. The van der Waals surface area contributed by atoms with Crippen molar-refractivity contribution in [2.75, 3.05) is 5.73 Å². The molecule has 2 aromatic heterocycles. The van der Waals surface area contributed by atoms with Gasteiger partial charge in [0, 0.05) is 18.0 Å². The fourth-order valence-electron chi connectivity index (χ4n) is 2.01. The molecule has 3 rings (SSSR count). The van der Waals surface area contributed by atoms with Crippen LogP contribution in [-0.2, 0) is 0 Å². The van der Waals surface area contributed by atoms with E-state index in [-0.39, 0.29) is 11.4 Å². The number of carboxylic acid groups (broad SMARTS) is 1. The van der Waals surface area contributed by atoms with Gasteiger partial charge in [0.2, 0.25) is 0 Å². The smallest absolute Gasteiger partial charge is 0.337 e. The van der Waals surface area contributed by atoms with E-state index in [1.165, 1.54) is 10.7 Å². The minimum atomic E-state index is -1.05. The van der Waals surface area contributed by atoms with Gasteiger partial charge in [0.25, 0.3) is 0 Å². The molecule has 2 heterocycles. The molecule has 7 nitrogen and oxygen atoms in total. The fraction of sp³-hybridized carbons (Fsp3) is 0. The van der Waals surface area contributed by atoms with Crippen LogP contribution in [0.15, 0.2) is 48.8 Å². The molecule has 0 aliphatic rings. The quantitative estimate of drug-likeness (QED) is 0.755. The molecule has 1 aromatic carbocycles. The van der Waals surface area contributed by atoms with E-state index in [4.69, 9.17) is 5.73 Å². The number of carbonyl (C=O) groups is 1. The minimum Gasteiger partial charge on any atom is -0.478 e. The van der Waals surface area contributed by atoms with Crippen molar-refractivity contribution in [3.05, 3.63) is 54.4 Å². The number of carboxylic acids is 1. The predicted octanol–water partition coefficient (Wildman–Crippen LogP) is 1.61. The second-order valence-electron chi connectivity index (χ2n) is 4.30. The molecule has 0 atom stereocenters. The highest BCUT2D eigenvalue weighted by Crippen LogP contribution is 2.25. The monoisotopic (exact) mass is 281 g/mol. The molecule has 0 aliphatic heterocycles. The van der Waals surface area contributed by atoms with Crippen LogP contribution in [-0.4, -0.2) is 31.1 Å². The zero-order valence-corrected chi connectivity index (χ0v) is 10.8. The Kier molecular flexibility index (Phi) is 3.07. The highest BCUT2D eigenvalue weighted by Gasteiger charge is 2.17. The van der Waals surface area contributed by atoms with Gasteiger partial charge in [0.05, 0.1) is 11.3 Å². The van der Waals surface area contributed by atoms with Crippen molar-refractivity contribution in [1.82, 2.24) is 20.0 Å². The first kappa shape index (κ1) is 12.8. The summed E-state index contributed by atoms with van der Waals surface area (Å²) in [5, 5.41) is 17.2. The molecule has 7 heteroatoms. The van der Waals surface area contributed by atoms with Crippen molar-refractivity contribution in [3.63, 3.8) is 0 Å². The van der Waals surface area contributed by atoms with Crippen LogP contribution in [0, 0.1) is 0 Å². The van der Waals surface area contributed by atoms with E-state index in [9.17, 15) is 9.90 Å². The Morgan fingerprint density at radius 3 is 2.71 bits per heavy atom. The largest absolute Gasteiger partial charge is 0.478 e. The Bertz CT molecular complexity index is 798. The van der Waals surface area contributed by atoms with Gasteiger partial charge in [-0.1, -0.05) is 17.3 Å². The third-order valence-electron chi connectivity index (χ3n) is 3.00. The van der Waals surface area contributed by atoms with E-state index in [1.54, 1.807) is 42.7 Å². The van der Waals surface area contributed by atoms with Crippen LogP contribution in [0.25, 0.3) is 16.9 Å². The standard InChI is InChI=1S/C14H11N5O2/c15-13-12(9-4-3-7-16-8-9)17-18-19(13)11-6-2-1-5-10(11)14(20)21/h1-8H,15H2,(H,20,21). The van der Waals surface area contributed by atoms with Crippen molar-refractivity contribution in [3.8, 4) is 16.9 Å². The van der Waals surface area contributed by atoms with E-state index in [0.717, 1.165) is 0 Å². The van der Waals surface area contributed by atoms with Gasteiger partial charge in [-0.25, -0.2) is 4.79 Å². The van der Waals surface area contributed by atoms with E-state index in [2.05, 4.69) is 15.3 Å². The SMILES string of the molecule is Nc1c(-c2cccnc2)nnn1-c1ccccc1C(=O)O. The highest BCUT2D eigenvalue weighted by atomic mass is 16.4. The highest BCUT2D eigenvalue weighted by molar-refractivity contribution is 5.92. The van der Waals surface area contributed by atoms with E-state index in [0.29, 0.717) is 16.9 Å². The van der Waals surface area contributed by atoms with Gasteiger partial charge in [-0.15, -0.1) is 5.10 Å². The first-order valence-corrected chi connectivity index (χ1v) is 6.12. The van der Waals surface area contributed by atoms with Gasteiger partial charge in [-0.05, 0) is 24.3 Å². The van der Waals surface area contributed by atoms with Gasteiger partial charge in [0.1, 0.15) is 5.69 Å². The first-order valence-electron chi connectivity index (χ1n) is 6.12. The molecule has 0 amide bonds. The summed E-state index contributed by atoms with van der Waals surface area (Å²) >= 11 is 0. The van der Waals surface area contributed by atoms with E-state index < -0.39 is 5.97 Å². The molecule has 0 spiro atoms. The Balaban J connectivity index is 2.14. The van der Waals surface area contributed by atoms with Crippen LogP contribution in [0.3, 0.4) is 0 Å². The van der Waals surface area contributed by atoms with Crippen LogP contribution < -0.4 is 5.73 Å². The molecular weight excluding hydrogens is 270 g/mol. The molecule has 0 aliphatic carbocycles. The number of aromatic carboxylic acids is 1. The number of aromatic nitrogens is 4. The lowest BCUT2D eigenvalue weighted by Crippen LogP contribution is -2.09. The van der Waals surface area contributed by atoms with Crippen molar-refractivity contribution < 1.29 is 9.90 Å². The van der Waals surface area contributed by atoms with Crippen molar-refractivity contribution in [2.45, 2.75) is 0 Å². The molecule has 0 saturated heterocycles. The first-order chi connectivity index (χ1) is 10.2. The summed E-state index contributed by atoms with van der Waals surface area (Å²) in [6.07, 6.45) is 3.26. The molecule has 0 radical (unpaired) electrons. The Labute approximate surface area is 119 Å². The van der Waals surface area contributed by atoms with Gasteiger partial charge in [-0.3, -0.25) is 4.98 Å². The summed E-state index contributed by atoms with van der Waals surface area (Å²) in [6, 6.07) is 10.0. The number of nitrogen functional groups attached to an aromatic ring is 1. The Morgan fingerprint density at radius 2 is 2.00 bits per heavy atom. The van der Waals surface area contributed by atoms with Crippen molar-refractivity contribution in [1.29, 1.82) is 0 Å². The molecule has 0 bridgehead atoms. The maximum Gasteiger partial charge on any atom is 0.337 e. The molecule has 0 fully saturated rings. The van der Waals surface area contributed by atoms with Crippen LogP contribution >= 0.6 is 0 Å². The van der Waals surface area contributed by atoms with Crippen LogP contribution in [0.1, 0.15) is 10.4 Å². The number of nitrogens with zero attached hydrogens (tertiary/aromatic N) is 4. The number of nitrogens with two attached hydrogens (primary N) is 1. The molecule has 0 unspecified atom stereocenters. The number of rotatable bonds is 3. The molecule has 3 N–H and O–H groups in total. The third-order valence-corrected chi connectivity index (χ3v) is 3.00. The number of para-hydroxylation sites is 1. The number of hydrogen-bond acceptors (Lipinski definition) is 5. The summed E-state index contributed by atoms with van der Waals surface area (Å²) in [6.45, 7) is 0. The second kappa shape index (κ2) is 5.04. The molecule has 21 heavy (non-hydrogen) atoms. The normalized spacial score (nSPS) is 10.5. The summed E-state index contributed by atoms with van der Waals surface area (Å²) in [5.74, 6) is -0.792. The maximum absolute atomic E-state index is 11.3. The number of anilines is 1. The van der Waals surface area contributed by atoms with Gasteiger partial charge < -0.3 is 10.8 Å². The zero-order valence-electron chi connectivity index (χ0n) is 10.8. The van der Waals surface area contributed by atoms with Crippen molar-refractivity contribution >= 4 is 11.8 Å². The topological polar surface area (TPSA) is 107 Å². The third kappa shape index (κ3) is 2.20. The van der Waals surface area contributed by atoms with E-state index in [1.807, 2.05) is 0 Å². The van der Waals surface area contributed by atoms with E-state index >= 15 is 0 Å². The van der Waals surface area contributed by atoms with Gasteiger partial charge >= 0.3 is 5.97 Å². The second-order valence-corrected chi connectivity index (χ2v) is 4.30. The van der Waals surface area contributed by atoms with Crippen LogP contribution in [0.4, 0.5) is 5.82 Å². The molecule has 0 saturated carbocycles. The molecular formula is C14H11N5O2. The van der Waals surface area contributed by atoms with Crippen LogP contribution in [0.5, 0.6) is 0 Å². The lowest BCUT2D eigenvalue weighted by atomic mass is 10.1. The maximum atomic E-state index is 11.3. The average Bonchev–Trinajstić information content (AvgIpc) is 2.89. The predicted molar refractivity (Wildman–Crippen MR) is 76.0 cm³/mol. The average molecular weight is 281 g/mol. The summed E-state index contributed by atoms with van der Waals surface area (Å²) < 4.78 is 1.31. The van der Waals surface area contributed by atoms with Crippen molar-refractivity contribution in [2.24, 2.45) is 0 Å². The Morgan fingerprint density at radius 1 is 1.19 bits per heavy atom. The summed E-state index contributed by atoms with van der Waals surface area (Å²) in [4.78, 5) is 15.3. The minimum absolute atomic E-state index is 0.104. The Hall–Kier alpha value is -3.22. The van der Waals surface area contributed by atoms with Crippen LogP contribution in [0.2, 0.25) is 0 Å². The fourth-order valence-corrected chi connectivity index (χ4v) is 2.01. The molecule has 3 aromatic rings.